The zero-order valence-electron chi connectivity index (χ0n) is 14.4. The van der Waals surface area contributed by atoms with Gasteiger partial charge in [0.05, 0.1) is 25.4 Å². The minimum atomic E-state index is -0.0930. The molecule has 0 atom stereocenters. The first-order chi connectivity index (χ1) is 14.4. The number of fused-ring (bicyclic) bond motifs is 2. The maximum absolute atomic E-state index is 9.81. The fourth-order valence-electron chi connectivity index (χ4n) is 2.76. The van der Waals surface area contributed by atoms with Crippen LogP contribution in [-0.2, 0) is 0 Å². The number of hydrogen-bond acceptors (Lipinski definition) is 12. The summed E-state index contributed by atoms with van der Waals surface area (Å²) in [4.78, 5) is 3.83. The molecule has 4 nitrogen and oxygen atoms in total. The summed E-state index contributed by atoms with van der Waals surface area (Å²) < 4.78 is 7.29. The molecule has 2 aromatic carbocycles. The van der Waals surface area contributed by atoms with Gasteiger partial charge in [0.25, 0.3) is 0 Å². The molecule has 4 aliphatic heterocycles. The smallest absolute Gasteiger partial charge is 0.158 e. The van der Waals surface area contributed by atoms with E-state index in [2.05, 4.69) is 0 Å². The summed E-state index contributed by atoms with van der Waals surface area (Å²) in [6.45, 7) is 0. The third-order valence-corrected chi connectivity index (χ3v) is 15.8. The Bertz CT molecular complexity index is 1060. The van der Waals surface area contributed by atoms with Crippen molar-refractivity contribution in [2.24, 2.45) is 0 Å². The van der Waals surface area contributed by atoms with Gasteiger partial charge in [-0.3, -0.25) is 0 Å². The van der Waals surface area contributed by atoms with E-state index >= 15 is 0 Å². The Morgan fingerprint density at radius 2 is 0.533 bits per heavy atom. The summed E-state index contributed by atoms with van der Waals surface area (Å²) in [6, 6.07) is 6.49. The Labute approximate surface area is 205 Å². The number of phenolic OH excluding ortho intramolecular Hbond substituents is 4. The molecule has 0 amide bonds. The normalized spacial score (nSPS) is 19.7. The number of benzene rings is 2. The van der Waals surface area contributed by atoms with E-state index in [0.29, 0.717) is 0 Å². The number of hydrogen-bond donors (Lipinski definition) is 4. The summed E-state index contributed by atoms with van der Waals surface area (Å²) >= 11 is 13.5. The van der Waals surface area contributed by atoms with Crippen LogP contribution in [-0.4, -0.2) is 20.4 Å². The van der Waals surface area contributed by atoms with Crippen molar-refractivity contribution < 1.29 is 20.4 Å². The van der Waals surface area contributed by atoms with Gasteiger partial charge in [-0.2, -0.15) is 0 Å². The highest BCUT2D eigenvalue weighted by Crippen LogP contribution is 2.71. The first kappa shape index (κ1) is 20.3. The second kappa shape index (κ2) is 7.62. The highest BCUT2D eigenvalue weighted by molar-refractivity contribution is 8.45. The quantitative estimate of drug-likeness (QED) is 0.243. The fourth-order valence-corrected chi connectivity index (χ4v) is 14.8. The molecule has 4 heterocycles. The predicted molar refractivity (Wildman–Crippen MR) is 134 cm³/mol. The summed E-state index contributed by atoms with van der Waals surface area (Å²) in [5.74, 6) is -0.372. The monoisotopic (exact) mass is 544 g/mol. The van der Waals surface area contributed by atoms with E-state index in [-0.39, 0.29) is 23.0 Å². The molecule has 6 rings (SSSR count). The number of aromatic hydroxyl groups is 4. The van der Waals surface area contributed by atoms with Gasteiger partial charge in [-0.1, -0.05) is 94.1 Å². The number of thioether (sulfide) groups is 8. The van der Waals surface area contributed by atoms with Crippen molar-refractivity contribution in [3.63, 3.8) is 0 Å². The Balaban J connectivity index is 1.23. The van der Waals surface area contributed by atoms with E-state index in [1.54, 1.807) is 118 Å². The van der Waals surface area contributed by atoms with E-state index in [9.17, 15) is 20.4 Å². The molecule has 152 valence electrons. The highest BCUT2D eigenvalue weighted by atomic mass is 32.3. The van der Waals surface area contributed by atoms with Crippen molar-refractivity contribution in [2.45, 2.75) is 19.6 Å². The molecular formula is C18H8O4S8. The van der Waals surface area contributed by atoms with Crippen LogP contribution in [0.3, 0.4) is 0 Å². The lowest BCUT2D eigenvalue weighted by Gasteiger charge is -2.15. The molecule has 0 radical (unpaired) electrons. The van der Waals surface area contributed by atoms with Crippen LogP contribution in [0.25, 0.3) is 0 Å². The van der Waals surface area contributed by atoms with Crippen molar-refractivity contribution in [3.05, 3.63) is 49.7 Å². The minimum absolute atomic E-state index is 0.0930. The second-order valence-corrected chi connectivity index (χ2v) is 16.0. The second-order valence-electron chi connectivity index (χ2n) is 6.12. The van der Waals surface area contributed by atoms with E-state index in [1.807, 2.05) is 0 Å². The Hall–Kier alpha value is -0.340. The third-order valence-electron chi connectivity index (χ3n) is 4.13. The van der Waals surface area contributed by atoms with Crippen LogP contribution in [0.2, 0.25) is 0 Å². The molecule has 0 spiro atoms. The molecule has 0 saturated carbocycles. The van der Waals surface area contributed by atoms with Crippen molar-refractivity contribution in [2.75, 3.05) is 0 Å². The molecule has 0 bridgehead atoms. The van der Waals surface area contributed by atoms with Crippen LogP contribution in [0.1, 0.15) is 0 Å². The molecule has 4 N–H and O–H groups in total. The third kappa shape index (κ3) is 3.43. The standard InChI is InChI=1S/C18H8O4S8/c19-5-1-9-10(2-6(5)20)24-14-13(23-9)27-17(28-14)18-29-15-16(30-18)26-12-4-8(22)7(21)3-11(12)25-15/h1-4,19-22H. The summed E-state index contributed by atoms with van der Waals surface area (Å²) in [7, 11) is 0. The van der Waals surface area contributed by atoms with Gasteiger partial charge in [0.15, 0.2) is 23.0 Å². The van der Waals surface area contributed by atoms with Gasteiger partial charge in [0, 0.05) is 19.6 Å². The van der Waals surface area contributed by atoms with E-state index < -0.39 is 0 Å². The molecule has 12 heteroatoms. The number of phenols is 4. The van der Waals surface area contributed by atoms with Gasteiger partial charge in [-0.25, -0.2) is 0 Å². The lowest BCUT2D eigenvalue weighted by atomic mass is 10.3. The topological polar surface area (TPSA) is 80.9 Å². The van der Waals surface area contributed by atoms with Gasteiger partial charge in [-0.05, 0) is 24.3 Å². The molecule has 0 unspecified atom stereocenters. The van der Waals surface area contributed by atoms with Crippen LogP contribution in [0.4, 0.5) is 0 Å². The highest BCUT2D eigenvalue weighted by Gasteiger charge is 2.35. The Morgan fingerprint density at radius 3 is 0.767 bits per heavy atom. The van der Waals surface area contributed by atoms with E-state index in [1.165, 1.54) is 25.4 Å². The van der Waals surface area contributed by atoms with Crippen molar-refractivity contribution in [1.82, 2.24) is 0 Å². The summed E-state index contributed by atoms with van der Waals surface area (Å²) in [5, 5.41) is 39.2. The Morgan fingerprint density at radius 1 is 0.333 bits per heavy atom. The largest absolute Gasteiger partial charge is 0.504 e. The van der Waals surface area contributed by atoms with Gasteiger partial charge >= 0.3 is 0 Å². The molecule has 0 aliphatic carbocycles. The molecule has 0 saturated heterocycles. The Kier molecular flexibility index (Phi) is 5.15. The molecule has 0 fully saturated rings. The van der Waals surface area contributed by atoms with Gasteiger partial charge < -0.3 is 20.4 Å². The van der Waals surface area contributed by atoms with Crippen LogP contribution in [0, 0.1) is 0 Å². The fraction of sp³-hybridized carbons (Fsp3) is 0. The molecule has 0 aromatic heterocycles. The van der Waals surface area contributed by atoms with Crippen molar-refractivity contribution in [1.29, 1.82) is 0 Å². The van der Waals surface area contributed by atoms with Gasteiger partial charge in [0.2, 0.25) is 0 Å². The lowest BCUT2D eigenvalue weighted by molar-refractivity contribution is 0.401. The molecular weight excluding hydrogens is 537 g/mol. The predicted octanol–water partition coefficient (Wildman–Crippen LogP) is 7.94. The van der Waals surface area contributed by atoms with E-state index in [4.69, 9.17) is 0 Å². The average Bonchev–Trinajstić information content (AvgIpc) is 3.29. The van der Waals surface area contributed by atoms with Crippen LogP contribution in [0.15, 0.2) is 69.3 Å². The van der Waals surface area contributed by atoms with Crippen molar-refractivity contribution >= 4 is 94.1 Å². The minimum Gasteiger partial charge on any atom is -0.504 e. The lowest BCUT2D eigenvalue weighted by Crippen LogP contribution is -1.85. The molecule has 4 aliphatic rings. The number of rotatable bonds is 0. The maximum Gasteiger partial charge on any atom is 0.158 e. The van der Waals surface area contributed by atoms with Crippen LogP contribution in [0.5, 0.6) is 23.0 Å². The molecule has 30 heavy (non-hydrogen) atoms. The zero-order chi connectivity index (χ0) is 20.6. The summed E-state index contributed by atoms with van der Waals surface area (Å²) in [6.07, 6.45) is 0. The summed E-state index contributed by atoms with van der Waals surface area (Å²) in [5.41, 5.74) is 0. The van der Waals surface area contributed by atoms with E-state index in [0.717, 1.165) is 19.6 Å². The van der Waals surface area contributed by atoms with Gasteiger partial charge in [-0.15, -0.1) is 0 Å². The van der Waals surface area contributed by atoms with Crippen molar-refractivity contribution in [3.8, 4) is 23.0 Å². The maximum atomic E-state index is 9.81. The first-order valence-corrected chi connectivity index (χ1v) is 14.8. The van der Waals surface area contributed by atoms with Crippen LogP contribution < -0.4 is 0 Å². The SMILES string of the molecule is Oc1cc2c(cc1O)SC1=C(SC(=C3SC4=C(S3)Sc3cc(O)c(O)cc3S4)S1)S2. The first-order valence-electron chi connectivity index (χ1n) is 8.22. The molecule has 2 aromatic rings. The van der Waals surface area contributed by atoms with Crippen LogP contribution >= 0.6 is 94.1 Å². The average molecular weight is 545 g/mol. The van der Waals surface area contributed by atoms with Gasteiger partial charge in [0.1, 0.15) is 0 Å². The zero-order valence-corrected chi connectivity index (χ0v) is 20.9.